The maximum atomic E-state index is 12.8. The molecule has 8 nitrogen and oxygen atoms in total. The first-order chi connectivity index (χ1) is 13.1. The third-order valence-corrected chi connectivity index (χ3v) is 5.14. The van der Waals surface area contributed by atoms with Gasteiger partial charge in [0.25, 0.3) is 5.91 Å². The predicted molar refractivity (Wildman–Crippen MR) is 102 cm³/mol. The summed E-state index contributed by atoms with van der Waals surface area (Å²) in [5.41, 5.74) is 3.36. The molecule has 0 aliphatic carbocycles. The van der Waals surface area contributed by atoms with Gasteiger partial charge in [-0.2, -0.15) is 5.10 Å². The minimum Gasteiger partial charge on any atom is -0.342 e. The summed E-state index contributed by atoms with van der Waals surface area (Å²) in [4.78, 5) is 12.8. The topological polar surface area (TPSA) is 87.6 Å². The van der Waals surface area contributed by atoms with Gasteiger partial charge in [-0.25, -0.2) is 5.43 Å². The first-order valence-electron chi connectivity index (χ1n) is 9.09. The number of carbonyl (C=O) groups excluding carboxylic acids is 1. The van der Waals surface area contributed by atoms with Crippen molar-refractivity contribution in [3.63, 3.8) is 0 Å². The van der Waals surface area contributed by atoms with Crippen LogP contribution in [-0.4, -0.2) is 54.4 Å². The van der Waals surface area contributed by atoms with Gasteiger partial charge < -0.3 is 23.7 Å². The first-order valence-corrected chi connectivity index (χ1v) is 9.88. The zero-order valence-electron chi connectivity index (χ0n) is 16.0. The molecule has 0 bridgehead atoms. The van der Waals surface area contributed by atoms with Crippen LogP contribution < -0.4 is 5.43 Å². The van der Waals surface area contributed by atoms with Gasteiger partial charge in [0.2, 0.25) is 0 Å². The van der Waals surface area contributed by atoms with Crippen molar-refractivity contribution in [1.29, 1.82) is 0 Å². The average molecular weight is 455 g/mol. The summed E-state index contributed by atoms with van der Waals surface area (Å²) in [7, 11) is 0. The van der Waals surface area contributed by atoms with E-state index < -0.39 is 48.2 Å². The SMILES string of the molecule is CC1(C)O[C@@H]2O[C@H](C(=O)N/N=C\c3cccc(Br)c3)[C@@H]3OC(C)(C)O[C@@H]3[C@@H]2O1. The second-order valence-electron chi connectivity index (χ2n) is 7.88. The number of halogens is 1. The Morgan fingerprint density at radius 3 is 2.50 bits per heavy atom. The van der Waals surface area contributed by atoms with Gasteiger partial charge in [0.1, 0.15) is 18.3 Å². The zero-order chi connectivity index (χ0) is 20.1. The lowest BCUT2D eigenvalue weighted by Gasteiger charge is -2.36. The highest BCUT2D eigenvalue weighted by molar-refractivity contribution is 9.10. The molecule has 3 aliphatic rings. The number of carbonyl (C=O) groups is 1. The largest absolute Gasteiger partial charge is 0.342 e. The Hall–Kier alpha value is -1.36. The van der Waals surface area contributed by atoms with Crippen LogP contribution in [0.15, 0.2) is 33.8 Å². The molecule has 5 atom stereocenters. The van der Waals surface area contributed by atoms with Crippen molar-refractivity contribution in [2.75, 3.05) is 0 Å². The van der Waals surface area contributed by atoms with Crippen LogP contribution in [-0.2, 0) is 28.5 Å². The molecule has 0 aromatic heterocycles. The summed E-state index contributed by atoms with van der Waals surface area (Å²) in [5, 5.41) is 4.03. The van der Waals surface area contributed by atoms with Crippen LogP contribution >= 0.6 is 15.9 Å². The molecular weight excluding hydrogens is 432 g/mol. The average Bonchev–Trinajstić information content (AvgIpc) is 3.08. The lowest BCUT2D eigenvalue weighted by Crippen LogP contribution is -2.59. The number of fused-ring (bicyclic) bond motifs is 3. The van der Waals surface area contributed by atoms with E-state index in [2.05, 4.69) is 26.5 Å². The highest BCUT2D eigenvalue weighted by atomic mass is 79.9. The van der Waals surface area contributed by atoms with Crippen molar-refractivity contribution in [3.8, 4) is 0 Å². The monoisotopic (exact) mass is 454 g/mol. The molecule has 3 fully saturated rings. The number of amides is 1. The van der Waals surface area contributed by atoms with Crippen LogP contribution in [0.2, 0.25) is 0 Å². The molecule has 1 aromatic carbocycles. The molecule has 152 valence electrons. The van der Waals surface area contributed by atoms with Gasteiger partial charge in [0, 0.05) is 4.47 Å². The molecule has 28 heavy (non-hydrogen) atoms. The molecule has 1 N–H and O–H groups in total. The van der Waals surface area contributed by atoms with Crippen molar-refractivity contribution < 1.29 is 28.5 Å². The highest BCUT2D eigenvalue weighted by Crippen LogP contribution is 2.44. The summed E-state index contributed by atoms with van der Waals surface area (Å²) in [6.45, 7) is 7.17. The molecule has 3 aliphatic heterocycles. The van der Waals surface area contributed by atoms with E-state index in [4.69, 9.17) is 23.7 Å². The Bertz CT molecular complexity index is 798. The lowest BCUT2D eigenvalue weighted by molar-refractivity contribution is -0.231. The van der Waals surface area contributed by atoms with Crippen LogP contribution in [0, 0.1) is 0 Å². The summed E-state index contributed by atoms with van der Waals surface area (Å²) < 4.78 is 30.5. The quantitative estimate of drug-likeness (QED) is 0.556. The minimum absolute atomic E-state index is 0.436. The molecule has 0 radical (unpaired) electrons. The minimum atomic E-state index is -0.940. The fraction of sp³-hybridized carbons (Fsp3) is 0.579. The van der Waals surface area contributed by atoms with E-state index in [0.29, 0.717) is 0 Å². The van der Waals surface area contributed by atoms with E-state index >= 15 is 0 Å². The summed E-state index contributed by atoms with van der Waals surface area (Å²) >= 11 is 3.40. The molecule has 0 unspecified atom stereocenters. The van der Waals surface area contributed by atoms with E-state index in [0.717, 1.165) is 10.0 Å². The highest BCUT2D eigenvalue weighted by Gasteiger charge is 2.62. The van der Waals surface area contributed by atoms with Gasteiger partial charge in [-0.1, -0.05) is 28.1 Å². The van der Waals surface area contributed by atoms with E-state index in [1.165, 1.54) is 0 Å². The second-order valence-corrected chi connectivity index (χ2v) is 8.79. The zero-order valence-corrected chi connectivity index (χ0v) is 17.6. The lowest BCUT2D eigenvalue weighted by atomic mass is 9.98. The number of ether oxygens (including phenoxy) is 5. The predicted octanol–water partition coefficient (Wildman–Crippen LogP) is 2.30. The molecule has 0 saturated carbocycles. The Labute approximate surface area is 171 Å². The van der Waals surface area contributed by atoms with Gasteiger partial charge in [-0.15, -0.1) is 0 Å². The van der Waals surface area contributed by atoms with Crippen LogP contribution in [0.25, 0.3) is 0 Å². The van der Waals surface area contributed by atoms with Crippen molar-refractivity contribution in [3.05, 3.63) is 34.3 Å². The number of hydrogen-bond donors (Lipinski definition) is 1. The molecule has 1 amide bonds. The van der Waals surface area contributed by atoms with Crippen LogP contribution in [0.4, 0.5) is 0 Å². The molecule has 1 aromatic rings. The van der Waals surface area contributed by atoms with Crippen LogP contribution in [0.3, 0.4) is 0 Å². The second kappa shape index (κ2) is 7.16. The number of benzene rings is 1. The Kier molecular flexibility index (Phi) is 5.09. The number of rotatable bonds is 3. The van der Waals surface area contributed by atoms with Crippen molar-refractivity contribution in [2.24, 2.45) is 5.10 Å². The molecule has 3 saturated heterocycles. The van der Waals surface area contributed by atoms with E-state index in [1.54, 1.807) is 33.9 Å². The van der Waals surface area contributed by atoms with Gasteiger partial charge in [-0.3, -0.25) is 4.79 Å². The maximum Gasteiger partial charge on any atom is 0.272 e. The maximum absolute atomic E-state index is 12.8. The van der Waals surface area contributed by atoms with Crippen molar-refractivity contribution >= 4 is 28.1 Å². The third kappa shape index (κ3) is 4.00. The first kappa shape index (κ1) is 19.9. The third-order valence-electron chi connectivity index (χ3n) is 4.65. The molecule has 9 heteroatoms. The van der Waals surface area contributed by atoms with Gasteiger partial charge in [0.15, 0.2) is 24.0 Å². The molecule has 3 heterocycles. The Morgan fingerprint density at radius 2 is 1.75 bits per heavy atom. The van der Waals surface area contributed by atoms with Crippen molar-refractivity contribution in [2.45, 2.75) is 70.0 Å². The number of nitrogens with one attached hydrogen (secondary N) is 1. The number of hydrazone groups is 1. The summed E-state index contributed by atoms with van der Waals surface area (Å²) in [6, 6.07) is 7.55. The number of nitrogens with zero attached hydrogens (tertiary/aromatic N) is 1. The van der Waals surface area contributed by atoms with Crippen LogP contribution in [0.1, 0.15) is 33.3 Å². The Balaban J connectivity index is 1.49. The fourth-order valence-corrected chi connectivity index (χ4v) is 4.06. The van der Waals surface area contributed by atoms with E-state index in [1.807, 2.05) is 24.3 Å². The van der Waals surface area contributed by atoms with Gasteiger partial charge >= 0.3 is 0 Å². The van der Waals surface area contributed by atoms with Gasteiger partial charge in [-0.05, 0) is 45.4 Å². The molecular formula is C19H23BrN2O6. The molecule has 0 spiro atoms. The fourth-order valence-electron chi connectivity index (χ4n) is 3.64. The normalized spacial score (nSPS) is 35.5. The van der Waals surface area contributed by atoms with Crippen molar-refractivity contribution in [1.82, 2.24) is 5.43 Å². The van der Waals surface area contributed by atoms with E-state index in [-0.39, 0.29) is 0 Å². The number of hydrogen-bond acceptors (Lipinski definition) is 7. The summed E-state index contributed by atoms with van der Waals surface area (Å²) in [6.07, 6.45) is -1.70. The van der Waals surface area contributed by atoms with E-state index in [9.17, 15) is 4.79 Å². The standard InChI is InChI=1S/C19H23BrN2O6/c1-18(2)25-12-13(26-18)15-17(28-19(3,4)27-15)24-14(12)16(23)22-21-9-10-6-5-7-11(20)8-10/h5-9,12-15,17H,1-4H3,(H,22,23)/b21-9-/t12-,13+,14+,15+,17+/m1/s1. The van der Waals surface area contributed by atoms with Crippen LogP contribution in [0.5, 0.6) is 0 Å². The smallest absolute Gasteiger partial charge is 0.272 e. The molecule has 4 rings (SSSR count). The Morgan fingerprint density at radius 1 is 1.07 bits per heavy atom. The summed E-state index contributed by atoms with van der Waals surface area (Å²) in [5.74, 6) is -2.13. The van der Waals surface area contributed by atoms with Gasteiger partial charge in [0.05, 0.1) is 6.21 Å².